The van der Waals surface area contributed by atoms with E-state index in [4.69, 9.17) is 4.74 Å². The van der Waals surface area contributed by atoms with Crippen LogP contribution in [0.2, 0.25) is 0 Å². The summed E-state index contributed by atoms with van der Waals surface area (Å²) in [5.74, 6) is -0.330. The third kappa shape index (κ3) is 1.82. The highest BCUT2D eigenvalue weighted by Crippen LogP contribution is 2.31. The second kappa shape index (κ2) is 3.92. The molecule has 2 rings (SSSR count). The molecule has 1 N–H and O–H groups in total. The molecule has 1 aliphatic carbocycles. The highest BCUT2D eigenvalue weighted by molar-refractivity contribution is 5.83. The number of allylic oxidation sites excluding steroid dienone is 1. The summed E-state index contributed by atoms with van der Waals surface area (Å²) in [6.07, 6.45) is 4.86. The molecule has 2 aliphatic rings. The van der Waals surface area contributed by atoms with Gasteiger partial charge in [-0.05, 0) is 18.9 Å². The van der Waals surface area contributed by atoms with E-state index in [1.165, 1.54) is 7.11 Å². The number of ether oxygens (including phenoxy) is 2. The predicted octanol–water partition coefficient (Wildman–Crippen LogP) is 0.603. The molecule has 1 aliphatic heterocycles. The lowest BCUT2D eigenvalue weighted by Gasteiger charge is -2.21. The van der Waals surface area contributed by atoms with Gasteiger partial charge in [0.2, 0.25) is 0 Å². The molecule has 1 saturated heterocycles. The predicted molar refractivity (Wildman–Crippen MR) is 51.1 cm³/mol. The van der Waals surface area contributed by atoms with E-state index in [1.54, 1.807) is 0 Å². The van der Waals surface area contributed by atoms with Crippen LogP contribution in [0, 0.1) is 5.92 Å². The number of amides is 1. The Bertz CT molecular complexity index is 313. The Kier molecular flexibility index (Phi) is 2.62. The largest absolute Gasteiger partial charge is 0.456 e. The lowest BCUT2D eigenvalue weighted by Crippen LogP contribution is -2.43. The Hall–Kier alpha value is -1.52. The van der Waals surface area contributed by atoms with Crippen molar-refractivity contribution in [3.63, 3.8) is 0 Å². The Balaban J connectivity index is 2.07. The Morgan fingerprint density at radius 2 is 2.47 bits per heavy atom. The normalized spacial score (nSPS) is 33.1. The second-order valence-corrected chi connectivity index (χ2v) is 3.68. The van der Waals surface area contributed by atoms with E-state index >= 15 is 0 Å². The van der Waals surface area contributed by atoms with Crippen molar-refractivity contribution >= 4 is 12.1 Å². The number of methoxy groups -OCH3 is 1. The van der Waals surface area contributed by atoms with Gasteiger partial charge in [0.05, 0.1) is 7.11 Å². The molecular weight excluding hydrogens is 198 g/mol. The van der Waals surface area contributed by atoms with Crippen molar-refractivity contribution in [2.75, 3.05) is 7.11 Å². The van der Waals surface area contributed by atoms with Gasteiger partial charge < -0.3 is 14.8 Å². The van der Waals surface area contributed by atoms with Crippen molar-refractivity contribution in [2.24, 2.45) is 5.92 Å². The quantitative estimate of drug-likeness (QED) is 0.509. The molecule has 0 aromatic heterocycles. The summed E-state index contributed by atoms with van der Waals surface area (Å²) < 4.78 is 9.59. The molecule has 82 valence electrons. The molecule has 0 aromatic rings. The number of nitrogens with one attached hydrogen (secondary N) is 1. The van der Waals surface area contributed by atoms with E-state index in [0.29, 0.717) is 0 Å². The highest BCUT2D eigenvalue weighted by Gasteiger charge is 2.44. The Labute approximate surface area is 87.4 Å². The van der Waals surface area contributed by atoms with Gasteiger partial charge in [-0.25, -0.2) is 9.59 Å². The summed E-state index contributed by atoms with van der Waals surface area (Å²) >= 11 is 0. The third-order valence-corrected chi connectivity index (χ3v) is 2.81. The fraction of sp³-hybridized carbons (Fsp3) is 0.600. The standard InChI is InChI=1S/C10H13NO4/c1-14-10(13)11-8-6-4-2-3-5-7(6)15-9(8)12/h3,5-8H,2,4H2,1H3,(H,11,13). The number of carbonyl (C=O) groups is 2. The summed E-state index contributed by atoms with van der Waals surface area (Å²) in [5.41, 5.74) is 0. The fourth-order valence-electron chi connectivity index (χ4n) is 2.04. The maximum Gasteiger partial charge on any atom is 0.407 e. The summed E-state index contributed by atoms with van der Waals surface area (Å²) in [4.78, 5) is 22.5. The molecule has 0 saturated carbocycles. The zero-order valence-corrected chi connectivity index (χ0v) is 8.43. The molecule has 0 spiro atoms. The number of esters is 1. The van der Waals surface area contributed by atoms with Gasteiger partial charge in [0.1, 0.15) is 12.1 Å². The van der Waals surface area contributed by atoms with E-state index in [-0.39, 0.29) is 18.0 Å². The van der Waals surface area contributed by atoms with Gasteiger partial charge in [-0.15, -0.1) is 0 Å². The molecular formula is C10H13NO4. The first-order chi connectivity index (χ1) is 7.22. The molecule has 0 radical (unpaired) electrons. The first-order valence-corrected chi connectivity index (χ1v) is 4.94. The molecule has 5 nitrogen and oxygen atoms in total. The number of rotatable bonds is 1. The minimum absolute atomic E-state index is 0.0431. The van der Waals surface area contributed by atoms with E-state index in [1.807, 2.05) is 12.2 Å². The van der Waals surface area contributed by atoms with Crippen LogP contribution in [0.4, 0.5) is 4.79 Å². The van der Waals surface area contributed by atoms with Crippen molar-refractivity contribution in [2.45, 2.75) is 25.0 Å². The van der Waals surface area contributed by atoms with Gasteiger partial charge in [-0.3, -0.25) is 0 Å². The minimum atomic E-state index is -0.591. The monoisotopic (exact) mass is 211 g/mol. The molecule has 1 heterocycles. The van der Waals surface area contributed by atoms with Gasteiger partial charge in [0.15, 0.2) is 0 Å². The average molecular weight is 211 g/mol. The lowest BCUT2D eigenvalue weighted by atomic mass is 9.88. The van der Waals surface area contributed by atoms with Crippen molar-refractivity contribution in [3.05, 3.63) is 12.2 Å². The number of hydrogen-bond donors (Lipinski definition) is 1. The summed E-state index contributed by atoms with van der Waals surface area (Å²) in [6, 6.07) is -0.563. The Morgan fingerprint density at radius 3 is 3.20 bits per heavy atom. The van der Waals surface area contributed by atoms with Gasteiger partial charge in [-0.2, -0.15) is 0 Å². The lowest BCUT2D eigenvalue weighted by molar-refractivity contribution is -0.141. The van der Waals surface area contributed by atoms with Crippen LogP contribution in [-0.2, 0) is 14.3 Å². The molecule has 3 atom stereocenters. The van der Waals surface area contributed by atoms with Crippen LogP contribution in [0.1, 0.15) is 12.8 Å². The fourth-order valence-corrected chi connectivity index (χ4v) is 2.04. The maximum absolute atomic E-state index is 11.5. The zero-order valence-electron chi connectivity index (χ0n) is 8.43. The second-order valence-electron chi connectivity index (χ2n) is 3.68. The summed E-state index contributed by atoms with van der Waals surface area (Å²) in [7, 11) is 1.27. The Morgan fingerprint density at radius 1 is 1.67 bits per heavy atom. The first kappa shape index (κ1) is 10.0. The van der Waals surface area contributed by atoms with Crippen molar-refractivity contribution in [3.8, 4) is 0 Å². The average Bonchev–Trinajstić information content (AvgIpc) is 2.55. The van der Waals surface area contributed by atoms with E-state index < -0.39 is 12.1 Å². The van der Waals surface area contributed by atoms with Crippen LogP contribution >= 0.6 is 0 Å². The van der Waals surface area contributed by atoms with Crippen LogP contribution < -0.4 is 5.32 Å². The van der Waals surface area contributed by atoms with Crippen LogP contribution in [-0.4, -0.2) is 31.3 Å². The third-order valence-electron chi connectivity index (χ3n) is 2.81. The van der Waals surface area contributed by atoms with Gasteiger partial charge in [0.25, 0.3) is 0 Å². The zero-order chi connectivity index (χ0) is 10.8. The molecule has 3 unspecified atom stereocenters. The maximum atomic E-state index is 11.5. The van der Waals surface area contributed by atoms with E-state index in [9.17, 15) is 9.59 Å². The first-order valence-electron chi connectivity index (χ1n) is 4.94. The van der Waals surface area contributed by atoms with Gasteiger partial charge >= 0.3 is 12.1 Å². The molecule has 0 bridgehead atoms. The van der Waals surface area contributed by atoms with E-state index in [2.05, 4.69) is 10.1 Å². The SMILES string of the molecule is COC(=O)NC1C(=O)OC2C=CCCC21. The topological polar surface area (TPSA) is 64.6 Å². The highest BCUT2D eigenvalue weighted by atomic mass is 16.6. The van der Waals surface area contributed by atoms with Crippen LogP contribution in [0.15, 0.2) is 12.2 Å². The number of fused-ring (bicyclic) bond motifs is 1. The summed E-state index contributed by atoms with van der Waals surface area (Å²) in [5, 5.41) is 2.51. The summed E-state index contributed by atoms with van der Waals surface area (Å²) in [6.45, 7) is 0. The minimum Gasteiger partial charge on any atom is -0.456 e. The molecule has 1 amide bonds. The van der Waals surface area contributed by atoms with Gasteiger partial charge in [-0.1, -0.05) is 6.08 Å². The number of alkyl carbamates (subject to hydrolysis) is 1. The van der Waals surface area contributed by atoms with Crippen molar-refractivity contribution in [1.82, 2.24) is 5.32 Å². The molecule has 15 heavy (non-hydrogen) atoms. The number of carbonyl (C=O) groups excluding carboxylic acids is 2. The molecule has 0 aromatic carbocycles. The molecule has 5 heteroatoms. The molecule has 1 fully saturated rings. The number of hydrogen-bond acceptors (Lipinski definition) is 4. The van der Waals surface area contributed by atoms with E-state index in [0.717, 1.165) is 12.8 Å². The van der Waals surface area contributed by atoms with Crippen LogP contribution in [0.5, 0.6) is 0 Å². The van der Waals surface area contributed by atoms with Crippen molar-refractivity contribution < 1.29 is 19.1 Å². The van der Waals surface area contributed by atoms with Crippen LogP contribution in [0.25, 0.3) is 0 Å². The van der Waals surface area contributed by atoms with Gasteiger partial charge in [0, 0.05) is 5.92 Å². The van der Waals surface area contributed by atoms with Crippen molar-refractivity contribution in [1.29, 1.82) is 0 Å². The smallest absolute Gasteiger partial charge is 0.407 e. The van der Waals surface area contributed by atoms with Crippen LogP contribution in [0.3, 0.4) is 0 Å².